The molecule has 0 bridgehead atoms. The van der Waals surface area contributed by atoms with Gasteiger partial charge >= 0.3 is 6.03 Å². The zero-order valence-corrected chi connectivity index (χ0v) is 14.9. The molecule has 0 aliphatic carbocycles. The Morgan fingerprint density at radius 2 is 2.04 bits per heavy atom. The molecule has 2 atom stereocenters. The molecule has 5 nitrogen and oxygen atoms in total. The molecule has 134 valence electrons. The van der Waals surface area contributed by atoms with Gasteiger partial charge in [-0.1, -0.05) is 44.2 Å². The summed E-state index contributed by atoms with van der Waals surface area (Å²) < 4.78 is 0. The molecular formula is C19H31N3O2. The van der Waals surface area contributed by atoms with Crippen LogP contribution in [-0.4, -0.2) is 48.8 Å². The van der Waals surface area contributed by atoms with Crippen molar-refractivity contribution in [3.05, 3.63) is 35.9 Å². The molecular weight excluding hydrogens is 302 g/mol. The number of aliphatic hydroxyl groups is 1. The monoisotopic (exact) mass is 333 g/mol. The lowest BCUT2D eigenvalue weighted by Gasteiger charge is -2.18. The fourth-order valence-corrected chi connectivity index (χ4v) is 3.23. The van der Waals surface area contributed by atoms with Crippen molar-refractivity contribution >= 4 is 6.03 Å². The lowest BCUT2D eigenvalue weighted by molar-refractivity contribution is 0.167. The zero-order chi connectivity index (χ0) is 17.4. The molecule has 1 fully saturated rings. The number of nitrogens with zero attached hydrogens (tertiary/aromatic N) is 1. The SMILES string of the molecule is CC(C)CN1CCC(CNC(=O)NCCC(O)c2ccccc2)C1. The molecule has 24 heavy (non-hydrogen) atoms. The summed E-state index contributed by atoms with van der Waals surface area (Å²) in [6.45, 7) is 9.01. The lowest BCUT2D eigenvalue weighted by atomic mass is 10.1. The number of rotatable bonds is 8. The number of urea groups is 1. The first-order valence-corrected chi connectivity index (χ1v) is 9.01. The molecule has 1 aromatic carbocycles. The Morgan fingerprint density at radius 3 is 2.75 bits per heavy atom. The molecule has 3 N–H and O–H groups in total. The lowest BCUT2D eigenvalue weighted by Crippen LogP contribution is -2.39. The third kappa shape index (κ3) is 6.49. The first kappa shape index (κ1) is 18.7. The Hall–Kier alpha value is -1.59. The zero-order valence-electron chi connectivity index (χ0n) is 14.9. The fraction of sp³-hybridized carbons (Fsp3) is 0.632. The first-order chi connectivity index (χ1) is 11.5. The van der Waals surface area contributed by atoms with Crippen LogP contribution in [0.1, 0.15) is 38.4 Å². The minimum atomic E-state index is -0.536. The Morgan fingerprint density at radius 1 is 1.29 bits per heavy atom. The van der Waals surface area contributed by atoms with Crippen LogP contribution in [0.5, 0.6) is 0 Å². The van der Waals surface area contributed by atoms with Crippen LogP contribution >= 0.6 is 0 Å². The highest BCUT2D eigenvalue weighted by Crippen LogP contribution is 2.17. The van der Waals surface area contributed by atoms with Crippen molar-refractivity contribution in [1.82, 2.24) is 15.5 Å². The summed E-state index contributed by atoms with van der Waals surface area (Å²) in [5.41, 5.74) is 0.885. The van der Waals surface area contributed by atoms with Crippen LogP contribution in [0.3, 0.4) is 0 Å². The van der Waals surface area contributed by atoms with Crippen LogP contribution in [-0.2, 0) is 0 Å². The number of hydrogen-bond donors (Lipinski definition) is 3. The summed E-state index contributed by atoms with van der Waals surface area (Å²) in [7, 11) is 0. The highest BCUT2D eigenvalue weighted by molar-refractivity contribution is 5.73. The van der Waals surface area contributed by atoms with Crippen LogP contribution in [0, 0.1) is 11.8 Å². The maximum Gasteiger partial charge on any atom is 0.314 e. The number of carbonyl (C=O) groups is 1. The van der Waals surface area contributed by atoms with E-state index < -0.39 is 6.10 Å². The molecule has 1 aromatic rings. The molecule has 1 saturated heterocycles. The highest BCUT2D eigenvalue weighted by atomic mass is 16.3. The molecule has 1 aliphatic heterocycles. The third-order valence-electron chi connectivity index (χ3n) is 4.43. The standard InChI is InChI=1S/C19H31N3O2/c1-15(2)13-22-11-9-16(14-22)12-21-19(24)20-10-8-18(23)17-6-4-3-5-7-17/h3-7,15-16,18,23H,8-14H2,1-2H3,(H2,20,21,24). The van der Waals surface area contributed by atoms with Gasteiger partial charge in [-0.05, 0) is 36.8 Å². The van der Waals surface area contributed by atoms with Gasteiger partial charge < -0.3 is 20.6 Å². The molecule has 0 radical (unpaired) electrons. The molecule has 2 unspecified atom stereocenters. The van der Waals surface area contributed by atoms with Gasteiger partial charge in [0.2, 0.25) is 0 Å². The van der Waals surface area contributed by atoms with Gasteiger partial charge in [-0.2, -0.15) is 0 Å². The third-order valence-corrected chi connectivity index (χ3v) is 4.43. The van der Waals surface area contributed by atoms with Gasteiger partial charge in [0.1, 0.15) is 0 Å². The summed E-state index contributed by atoms with van der Waals surface area (Å²) in [6, 6.07) is 9.39. The average Bonchev–Trinajstić information content (AvgIpc) is 3.00. The normalized spacial score (nSPS) is 19.4. The van der Waals surface area contributed by atoms with Crippen molar-refractivity contribution in [2.24, 2.45) is 11.8 Å². The number of carbonyl (C=O) groups excluding carboxylic acids is 1. The van der Waals surface area contributed by atoms with Gasteiger partial charge in [-0.25, -0.2) is 4.79 Å². The quantitative estimate of drug-likeness (QED) is 0.684. The van der Waals surface area contributed by atoms with Gasteiger partial charge in [-0.3, -0.25) is 0 Å². The van der Waals surface area contributed by atoms with Gasteiger partial charge in [0, 0.05) is 26.2 Å². The van der Waals surface area contributed by atoms with Crippen LogP contribution in [0.4, 0.5) is 4.79 Å². The topological polar surface area (TPSA) is 64.6 Å². The molecule has 2 amide bonds. The Kier molecular flexibility index (Phi) is 7.53. The molecule has 1 aliphatic rings. The summed E-state index contributed by atoms with van der Waals surface area (Å²) in [5, 5.41) is 15.8. The van der Waals surface area contributed by atoms with Crippen molar-refractivity contribution in [2.45, 2.75) is 32.8 Å². The summed E-state index contributed by atoms with van der Waals surface area (Å²) in [4.78, 5) is 14.3. The summed E-state index contributed by atoms with van der Waals surface area (Å²) in [5.74, 6) is 1.24. The van der Waals surface area contributed by atoms with Crippen LogP contribution in [0.25, 0.3) is 0 Å². The Labute approximate surface area is 145 Å². The molecule has 0 aromatic heterocycles. The van der Waals surface area contributed by atoms with Crippen molar-refractivity contribution in [3.8, 4) is 0 Å². The van der Waals surface area contributed by atoms with Gasteiger partial charge in [0.05, 0.1) is 6.10 Å². The van der Waals surface area contributed by atoms with Crippen molar-refractivity contribution in [2.75, 3.05) is 32.7 Å². The minimum absolute atomic E-state index is 0.141. The summed E-state index contributed by atoms with van der Waals surface area (Å²) >= 11 is 0. The second-order valence-electron chi connectivity index (χ2n) is 7.16. The Bertz CT molecular complexity index is 493. The second-order valence-corrected chi connectivity index (χ2v) is 7.16. The largest absolute Gasteiger partial charge is 0.388 e. The van der Waals surface area contributed by atoms with Crippen molar-refractivity contribution in [1.29, 1.82) is 0 Å². The predicted molar refractivity (Wildman–Crippen MR) is 96.8 cm³/mol. The average molecular weight is 333 g/mol. The number of hydrogen-bond acceptors (Lipinski definition) is 3. The molecule has 2 rings (SSSR count). The van der Waals surface area contributed by atoms with Crippen LogP contribution in [0.15, 0.2) is 30.3 Å². The molecule has 1 heterocycles. The van der Waals surface area contributed by atoms with E-state index in [0.717, 1.165) is 38.2 Å². The maximum atomic E-state index is 11.9. The van der Waals surface area contributed by atoms with Crippen molar-refractivity contribution < 1.29 is 9.90 Å². The number of aliphatic hydroxyl groups excluding tert-OH is 1. The number of likely N-dealkylation sites (tertiary alicyclic amines) is 1. The van der Waals surface area contributed by atoms with E-state index in [-0.39, 0.29) is 6.03 Å². The summed E-state index contributed by atoms with van der Waals surface area (Å²) in [6.07, 6.45) is 1.13. The number of benzene rings is 1. The first-order valence-electron chi connectivity index (χ1n) is 9.01. The van der Waals surface area contributed by atoms with E-state index in [9.17, 15) is 9.90 Å². The molecule has 0 spiro atoms. The van der Waals surface area contributed by atoms with E-state index in [0.29, 0.717) is 24.8 Å². The van der Waals surface area contributed by atoms with E-state index >= 15 is 0 Å². The van der Waals surface area contributed by atoms with Gasteiger partial charge in [-0.15, -0.1) is 0 Å². The van der Waals surface area contributed by atoms with Gasteiger partial charge in [0.15, 0.2) is 0 Å². The maximum absolute atomic E-state index is 11.9. The number of amides is 2. The highest BCUT2D eigenvalue weighted by Gasteiger charge is 2.23. The second kappa shape index (κ2) is 9.64. The van der Waals surface area contributed by atoms with E-state index in [1.54, 1.807) is 0 Å². The fourth-order valence-electron chi connectivity index (χ4n) is 3.23. The van der Waals surface area contributed by atoms with E-state index in [1.807, 2.05) is 30.3 Å². The minimum Gasteiger partial charge on any atom is -0.388 e. The molecule has 5 heteroatoms. The van der Waals surface area contributed by atoms with E-state index in [2.05, 4.69) is 29.4 Å². The van der Waals surface area contributed by atoms with Crippen LogP contribution in [0.2, 0.25) is 0 Å². The Balaban J connectivity index is 1.57. The molecule has 0 saturated carbocycles. The van der Waals surface area contributed by atoms with Gasteiger partial charge in [0.25, 0.3) is 0 Å². The van der Waals surface area contributed by atoms with E-state index in [4.69, 9.17) is 0 Å². The number of nitrogens with one attached hydrogen (secondary N) is 2. The smallest absolute Gasteiger partial charge is 0.314 e. The van der Waals surface area contributed by atoms with E-state index in [1.165, 1.54) is 0 Å². The predicted octanol–water partition coefficient (Wildman–Crippen LogP) is 2.39. The van der Waals surface area contributed by atoms with Crippen molar-refractivity contribution in [3.63, 3.8) is 0 Å². The van der Waals surface area contributed by atoms with Crippen LogP contribution < -0.4 is 10.6 Å².